The van der Waals surface area contributed by atoms with E-state index in [1.54, 1.807) is 42.6 Å². The van der Waals surface area contributed by atoms with Gasteiger partial charge in [0, 0.05) is 35.7 Å². The number of nitrogens with zero attached hydrogens (tertiary/aromatic N) is 1. The standard InChI is InChI=1S/C22H22N4O2/c1-14-6-4-7-15(2)21(14)26-20-12-17(10-11-23-20)22(28)25-19-9-5-8-18(13-19)24-16(3)27/h4-13H,1-3H3,(H,23,26)(H,24,27)(H,25,28). The Kier molecular flexibility index (Phi) is 5.69. The van der Waals surface area contributed by atoms with Gasteiger partial charge < -0.3 is 16.0 Å². The van der Waals surface area contributed by atoms with Crippen LogP contribution in [-0.4, -0.2) is 16.8 Å². The van der Waals surface area contributed by atoms with E-state index in [-0.39, 0.29) is 11.8 Å². The Balaban J connectivity index is 1.76. The molecule has 0 aliphatic rings. The fourth-order valence-electron chi connectivity index (χ4n) is 2.86. The average Bonchev–Trinajstić information content (AvgIpc) is 2.65. The SMILES string of the molecule is CC(=O)Nc1cccc(NC(=O)c2ccnc(Nc3c(C)cccc3C)c2)c1. The number of anilines is 4. The Morgan fingerprint density at radius 2 is 1.50 bits per heavy atom. The minimum Gasteiger partial charge on any atom is -0.340 e. The summed E-state index contributed by atoms with van der Waals surface area (Å²) < 4.78 is 0. The smallest absolute Gasteiger partial charge is 0.255 e. The summed E-state index contributed by atoms with van der Waals surface area (Å²) in [5, 5.41) is 8.83. The Morgan fingerprint density at radius 1 is 0.857 bits per heavy atom. The van der Waals surface area contributed by atoms with Crippen molar-refractivity contribution < 1.29 is 9.59 Å². The second kappa shape index (κ2) is 8.35. The first-order valence-corrected chi connectivity index (χ1v) is 8.90. The average molecular weight is 374 g/mol. The number of hydrogen-bond acceptors (Lipinski definition) is 4. The summed E-state index contributed by atoms with van der Waals surface area (Å²) in [7, 11) is 0. The molecule has 3 aromatic rings. The van der Waals surface area contributed by atoms with Crippen LogP contribution in [-0.2, 0) is 4.79 Å². The van der Waals surface area contributed by atoms with Gasteiger partial charge in [-0.25, -0.2) is 4.98 Å². The molecule has 0 spiro atoms. The van der Waals surface area contributed by atoms with Crippen molar-refractivity contribution in [2.24, 2.45) is 0 Å². The van der Waals surface area contributed by atoms with E-state index in [1.165, 1.54) is 6.92 Å². The molecule has 2 aromatic carbocycles. The van der Waals surface area contributed by atoms with Crippen molar-refractivity contribution >= 4 is 34.7 Å². The molecule has 0 saturated heterocycles. The molecule has 0 atom stereocenters. The zero-order chi connectivity index (χ0) is 20.1. The molecule has 0 radical (unpaired) electrons. The van der Waals surface area contributed by atoms with Crippen molar-refractivity contribution in [1.82, 2.24) is 4.98 Å². The van der Waals surface area contributed by atoms with Crippen LogP contribution in [0.15, 0.2) is 60.8 Å². The van der Waals surface area contributed by atoms with Crippen LogP contribution in [0, 0.1) is 13.8 Å². The fraction of sp³-hybridized carbons (Fsp3) is 0.136. The third kappa shape index (κ3) is 4.73. The molecule has 0 unspecified atom stereocenters. The van der Waals surface area contributed by atoms with E-state index in [2.05, 4.69) is 20.9 Å². The molecule has 2 amide bonds. The van der Waals surface area contributed by atoms with Crippen LogP contribution in [0.4, 0.5) is 22.9 Å². The third-order valence-electron chi connectivity index (χ3n) is 4.20. The molecule has 0 saturated carbocycles. The van der Waals surface area contributed by atoms with Gasteiger partial charge in [-0.05, 0) is 55.3 Å². The summed E-state index contributed by atoms with van der Waals surface area (Å²) in [6, 6.07) is 16.4. The van der Waals surface area contributed by atoms with Crippen molar-refractivity contribution in [2.45, 2.75) is 20.8 Å². The Bertz CT molecular complexity index is 1010. The zero-order valence-electron chi connectivity index (χ0n) is 16.0. The molecule has 28 heavy (non-hydrogen) atoms. The molecule has 1 heterocycles. The topological polar surface area (TPSA) is 83.1 Å². The highest BCUT2D eigenvalue weighted by molar-refractivity contribution is 6.05. The van der Waals surface area contributed by atoms with Gasteiger partial charge in [0.2, 0.25) is 5.91 Å². The monoisotopic (exact) mass is 374 g/mol. The summed E-state index contributed by atoms with van der Waals surface area (Å²) in [6.07, 6.45) is 1.60. The molecule has 1 aromatic heterocycles. The second-order valence-corrected chi connectivity index (χ2v) is 6.54. The van der Waals surface area contributed by atoms with Crippen molar-refractivity contribution in [3.63, 3.8) is 0 Å². The van der Waals surface area contributed by atoms with E-state index in [1.807, 2.05) is 32.0 Å². The van der Waals surface area contributed by atoms with Gasteiger partial charge in [0.1, 0.15) is 5.82 Å². The van der Waals surface area contributed by atoms with Gasteiger partial charge in [-0.2, -0.15) is 0 Å². The van der Waals surface area contributed by atoms with E-state index in [0.717, 1.165) is 16.8 Å². The predicted octanol–water partition coefficient (Wildman–Crippen LogP) is 4.65. The molecule has 0 bridgehead atoms. The Hall–Kier alpha value is -3.67. The quantitative estimate of drug-likeness (QED) is 0.607. The van der Waals surface area contributed by atoms with Gasteiger partial charge in [-0.1, -0.05) is 24.3 Å². The summed E-state index contributed by atoms with van der Waals surface area (Å²) in [4.78, 5) is 28.1. The Labute approximate surface area is 164 Å². The van der Waals surface area contributed by atoms with Gasteiger partial charge in [0.15, 0.2) is 0 Å². The maximum absolute atomic E-state index is 12.6. The number of carbonyl (C=O) groups excluding carboxylic acids is 2. The van der Waals surface area contributed by atoms with Gasteiger partial charge >= 0.3 is 0 Å². The van der Waals surface area contributed by atoms with Crippen LogP contribution in [0.2, 0.25) is 0 Å². The van der Waals surface area contributed by atoms with Crippen LogP contribution in [0.1, 0.15) is 28.4 Å². The molecule has 6 nitrogen and oxygen atoms in total. The number of benzene rings is 2. The fourth-order valence-corrected chi connectivity index (χ4v) is 2.86. The lowest BCUT2D eigenvalue weighted by Crippen LogP contribution is -2.13. The predicted molar refractivity (Wildman–Crippen MR) is 112 cm³/mol. The first-order valence-electron chi connectivity index (χ1n) is 8.90. The van der Waals surface area contributed by atoms with E-state index in [9.17, 15) is 9.59 Å². The van der Waals surface area contributed by atoms with Gasteiger partial charge in [-0.3, -0.25) is 9.59 Å². The number of aryl methyl sites for hydroxylation is 2. The number of carbonyl (C=O) groups is 2. The molecule has 0 aliphatic carbocycles. The van der Waals surface area contributed by atoms with Crippen molar-refractivity contribution in [3.8, 4) is 0 Å². The van der Waals surface area contributed by atoms with Crippen molar-refractivity contribution in [2.75, 3.05) is 16.0 Å². The largest absolute Gasteiger partial charge is 0.340 e. The first-order chi connectivity index (χ1) is 13.4. The van der Waals surface area contributed by atoms with E-state index >= 15 is 0 Å². The minimum atomic E-state index is -0.257. The third-order valence-corrected chi connectivity index (χ3v) is 4.20. The van der Waals surface area contributed by atoms with Crippen LogP contribution in [0.5, 0.6) is 0 Å². The summed E-state index contributed by atoms with van der Waals surface area (Å²) in [6.45, 7) is 5.48. The summed E-state index contributed by atoms with van der Waals surface area (Å²) in [5.41, 5.74) is 4.89. The molecule has 0 aliphatic heterocycles. The lowest BCUT2D eigenvalue weighted by Gasteiger charge is -2.13. The van der Waals surface area contributed by atoms with Crippen molar-refractivity contribution in [3.05, 3.63) is 77.5 Å². The van der Waals surface area contributed by atoms with Crippen LogP contribution in [0.3, 0.4) is 0 Å². The lowest BCUT2D eigenvalue weighted by atomic mass is 10.1. The van der Waals surface area contributed by atoms with Crippen LogP contribution in [0.25, 0.3) is 0 Å². The molecule has 3 rings (SSSR count). The van der Waals surface area contributed by atoms with E-state index < -0.39 is 0 Å². The molecule has 0 fully saturated rings. The van der Waals surface area contributed by atoms with Gasteiger partial charge in [0.05, 0.1) is 0 Å². The number of nitrogens with one attached hydrogen (secondary N) is 3. The number of hydrogen-bond donors (Lipinski definition) is 3. The number of pyridine rings is 1. The summed E-state index contributed by atoms with van der Waals surface area (Å²) >= 11 is 0. The molecular formula is C22H22N4O2. The molecule has 6 heteroatoms. The molecule has 142 valence electrons. The molecule has 3 N–H and O–H groups in total. The highest BCUT2D eigenvalue weighted by Crippen LogP contribution is 2.24. The van der Waals surface area contributed by atoms with E-state index in [4.69, 9.17) is 0 Å². The van der Waals surface area contributed by atoms with Gasteiger partial charge in [0.25, 0.3) is 5.91 Å². The van der Waals surface area contributed by atoms with Gasteiger partial charge in [-0.15, -0.1) is 0 Å². The minimum absolute atomic E-state index is 0.167. The summed E-state index contributed by atoms with van der Waals surface area (Å²) in [5.74, 6) is 0.170. The highest BCUT2D eigenvalue weighted by Gasteiger charge is 2.10. The number of aromatic nitrogens is 1. The highest BCUT2D eigenvalue weighted by atomic mass is 16.2. The van der Waals surface area contributed by atoms with Crippen molar-refractivity contribution in [1.29, 1.82) is 0 Å². The number of para-hydroxylation sites is 1. The normalized spacial score (nSPS) is 10.2. The Morgan fingerprint density at radius 3 is 2.18 bits per heavy atom. The first kappa shape index (κ1) is 19.1. The number of rotatable bonds is 5. The van der Waals surface area contributed by atoms with Crippen LogP contribution >= 0.6 is 0 Å². The second-order valence-electron chi connectivity index (χ2n) is 6.54. The maximum atomic E-state index is 12.6. The van der Waals surface area contributed by atoms with Crippen LogP contribution < -0.4 is 16.0 Å². The molecular weight excluding hydrogens is 352 g/mol. The maximum Gasteiger partial charge on any atom is 0.255 e. The van der Waals surface area contributed by atoms with E-state index in [0.29, 0.717) is 22.8 Å². The zero-order valence-corrected chi connectivity index (χ0v) is 16.0. The lowest BCUT2D eigenvalue weighted by molar-refractivity contribution is -0.114. The number of amides is 2.